The third kappa shape index (κ3) is 14.5. The second-order valence-corrected chi connectivity index (χ2v) is 7.76. The summed E-state index contributed by atoms with van der Waals surface area (Å²) in [5, 5.41) is 10.7. The summed E-state index contributed by atoms with van der Waals surface area (Å²) in [6.07, 6.45) is 20.0. The van der Waals surface area contributed by atoms with E-state index in [4.69, 9.17) is 0 Å². The van der Waals surface area contributed by atoms with Crippen LogP contribution in [0.5, 0.6) is 0 Å². The minimum Gasteiger partial charge on any atom is -0.545 e. The highest BCUT2D eigenvalue weighted by Gasteiger charge is 1.94. The number of carbonyl (C=O) groups is 1. The zero-order valence-corrected chi connectivity index (χ0v) is 18.2. The third-order valence-corrected chi connectivity index (χ3v) is 5.13. The first-order valence-electron chi connectivity index (χ1n) is 11.5. The molecule has 158 valence electrons. The zero-order valence-electron chi connectivity index (χ0n) is 18.2. The van der Waals surface area contributed by atoms with Crippen LogP contribution in [-0.4, -0.2) is 5.97 Å². The molecule has 0 aliphatic rings. The molecular formula is C27H37O2-. The van der Waals surface area contributed by atoms with Gasteiger partial charge in [0.25, 0.3) is 0 Å². The van der Waals surface area contributed by atoms with Gasteiger partial charge in [0.15, 0.2) is 0 Å². The number of hydrogen-bond acceptors (Lipinski definition) is 2. The lowest BCUT2D eigenvalue weighted by atomic mass is 10.0. The highest BCUT2D eigenvalue weighted by molar-refractivity contribution is 5.85. The minimum absolute atomic E-state index is 0.166. The first-order chi connectivity index (χ1) is 14.2. The van der Waals surface area contributed by atoms with Gasteiger partial charge in [-0.05, 0) is 36.0 Å². The van der Waals surface area contributed by atoms with E-state index in [0.717, 1.165) is 18.4 Å². The van der Waals surface area contributed by atoms with Crippen LogP contribution in [0.4, 0.5) is 0 Å². The number of rotatable bonds is 15. The lowest BCUT2D eigenvalue weighted by molar-refractivity contribution is -0.255. The smallest absolute Gasteiger partial charge is 0.0715 e. The summed E-state index contributed by atoms with van der Waals surface area (Å²) in [6.45, 7) is 2.27. The van der Waals surface area contributed by atoms with Crippen LogP contribution < -0.4 is 5.11 Å². The zero-order chi connectivity index (χ0) is 21.0. The van der Waals surface area contributed by atoms with Crippen LogP contribution in [0.15, 0.2) is 24.3 Å². The summed E-state index contributed by atoms with van der Waals surface area (Å²) in [6, 6.07) is 6.35. The standard InChI is InChI=1S/C27H38O2/c1-2-3-4-5-6-7-8-9-10-11-12-13-14-15-16-17-18-19-20-25-21-23-26(24-22-25)27(28)29/h21-24H,2-16H2,1H3,(H,28,29)/p-1. The molecule has 0 fully saturated rings. The van der Waals surface area contributed by atoms with Crippen LogP contribution in [0.1, 0.15) is 119 Å². The second-order valence-electron chi connectivity index (χ2n) is 7.76. The average molecular weight is 394 g/mol. The molecule has 1 rings (SSSR count). The molecule has 0 saturated heterocycles. The lowest BCUT2D eigenvalue weighted by Crippen LogP contribution is -2.21. The number of carbonyl (C=O) groups excluding carboxylic acids is 1. The first-order valence-corrected chi connectivity index (χ1v) is 11.5. The summed E-state index contributed by atoms with van der Waals surface area (Å²) in [5.41, 5.74) is 0.931. The van der Waals surface area contributed by atoms with Gasteiger partial charge >= 0.3 is 0 Å². The summed E-state index contributed by atoms with van der Waals surface area (Å²) in [4.78, 5) is 10.7. The van der Waals surface area contributed by atoms with E-state index in [1.54, 1.807) is 12.1 Å². The molecule has 2 nitrogen and oxygen atoms in total. The molecule has 0 radical (unpaired) electrons. The molecular weight excluding hydrogens is 356 g/mol. The van der Waals surface area contributed by atoms with Gasteiger partial charge in [-0.3, -0.25) is 0 Å². The molecule has 0 aliphatic heterocycles. The van der Waals surface area contributed by atoms with Crippen LogP contribution in [0.25, 0.3) is 0 Å². The van der Waals surface area contributed by atoms with Gasteiger partial charge in [-0.2, -0.15) is 0 Å². The summed E-state index contributed by atoms with van der Waals surface area (Å²) >= 11 is 0. The monoisotopic (exact) mass is 393 g/mol. The molecule has 0 N–H and O–H groups in total. The van der Waals surface area contributed by atoms with Gasteiger partial charge in [0.05, 0.1) is 5.97 Å². The van der Waals surface area contributed by atoms with Gasteiger partial charge in [0, 0.05) is 12.0 Å². The Morgan fingerprint density at radius 1 is 0.724 bits per heavy atom. The van der Waals surface area contributed by atoms with Crippen molar-refractivity contribution in [3.05, 3.63) is 35.4 Å². The quantitative estimate of drug-likeness (QED) is 0.260. The molecule has 0 aromatic heterocycles. The molecule has 0 atom stereocenters. The van der Waals surface area contributed by atoms with Crippen molar-refractivity contribution in [3.8, 4) is 23.7 Å². The molecule has 0 bridgehead atoms. The van der Waals surface area contributed by atoms with E-state index in [0.29, 0.717) is 0 Å². The van der Waals surface area contributed by atoms with E-state index in [1.807, 2.05) is 0 Å². The molecule has 0 heterocycles. The first kappa shape index (κ1) is 24.8. The number of unbranched alkanes of at least 4 members (excludes halogenated alkanes) is 14. The molecule has 0 saturated carbocycles. The van der Waals surface area contributed by atoms with Crippen molar-refractivity contribution in [2.45, 2.75) is 103 Å². The van der Waals surface area contributed by atoms with Crippen molar-refractivity contribution < 1.29 is 9.90 Å². The van der Waals surface area contributed by atoms with Gasteiger partial charge in [0.1, 0.15) is 0 Å². The Morgan fingerprint density at radius 3 is 1.69 bits per heavy atom. The van der Waals surface area contributed by atoms with Gasteiger partial charge < -0.3 is 9.90 Å². The van der Waals surface area contributed by atoms with Crippen LogP contribution in [0.3, 0.4) is 0 Å². The Morgan fingerprint density at radius 2 is 1.21 bits per heavy atom. The van der Waals surface area contributed by atoms with Gasteiger partial charge in [-0.1, -0.05) is 114 Å². The molecule has 1 aromatic carbocycles. The summed E-state index contributed by atoms with van der Waals surface area (Å²) in [7, 11) is 0. The largest absolute Gasteiger partial charge is 0.545 e. The fourth-order valence-electron chi connectivity index (χ4n) is 3.31. The van der Waals surface area contributed by atoms with Crippen molar-refractivity contribution in [2.75, 3.05) is 0 Å². The fraction of sp³-hybridized carbons (Fsp3) is 0.593. The SMILES string of the molecule is CCCCCCCCCCCCCCCCC#CC#Cc1ccc(C(=O)[O-])cc1. The van der Waals surface area contributed by atoms with E-state index in [9.17, 15) is 9.90 Å². The van der Waals surface area contributed by atoms with Gasteiger partial charge in [-0.15, -0.1) is 0 Å². The normalized spacial score (nSPS) is 9.97. The van der Waals surface area contributed by atoms with Crippen molar-refractivity contribution in [3.63, 3.8) is 0 Å². The van der Waals surface area contributed by atoms with E-state index in [2.05, 4.69) is 30.6 Å². The van der Waals surface area contributed by atoms with Crippen LogP contribution in [-0.2, 0) is 0 Å². The summed E-state index contributed by atoms with van der Waals surface area (Å²) < 4.78 is 0. The molecule has 0 aliphatic carbocycles. The number of benzene rings is 1. The maximum atomic E-state index is 10.7. The van der Waals surface area contributed by atoms with E-state index in [1.165, 1.54) is 95.6 Å². The van der Waals surface area contributed by atoms with Crippen LogP contribution >= 0.6 is 0 Å². The molecule has 0 spiro atoms. The molecule has 0 amide bonds. The Bertz CT molecular complexity index is 664. The Balaban J connectivity index is 1.92. The number of hydrogen-bond donors (Lipinski definition) is 0. The predicted octanol–water partition coefficient (Wildman–Crippen LogP) is 6.28. The highest BCUT2D eigenvalue weighted by atomic mass is 16.4. The molecule has 2 heteroatoms. The van der Waals surface area contributed by atoms with E-state index in [-0.39, 0.29) is 5.56 Å². The van der Waals surface area contributed by atoms with Crippen molar-refractivity contribution in [2.24, 2.45) is 0 Å². The topological polar surface area (TPSA) is 40.1 Å². The van der Waals surface area contributed by atoms with Crippen LogP contribution in [0, 0.1) is 23.7 Å². The Kier molecular flexibility index (Phi) is 15.3. The fourth-order valence-corrected chi connectivity index (χ4v) is 3.31. The van der Waals surface area contributed by atoms with Gasteiger partial charge in [0.2, 0.25) is 0 Å². The second kappa shape index (κ2) is 17.9. The van der Waals surface area contributed by atoms with Crippen molar-refractivity contribution >= 4 is 5.97 Å². The summed E-state index contributed by atoms with van der Waals surface area (Å²) in [5.74, 6) is 10.6. The predicted molar refractivity (Wildman–Crippen MR) is 120 cm³/mol. The van der Waals surface area contributed by atoms with Crippen LogP contribution in [0.2, 0.25) is 0 Å². The lowest BCUT2D eigenvalue weighted by Gasteiger charge is -2.02. The maximum Gasteiger partial charge on any atom is 0.0715 e. The number of aromatic carboxylic acids is 1. The third-order valence-electron chi connectivity index (χ3n) is 5.13. The highest BCUT2D eigenvalue weighted by Crippen LogP contribution is 2.13. The van der Waals surface area contributed by atoms with E-state index < -0.39 is 5.97 Å². The average Bonchev–Trinajstić information content (AvgIpc) is 2.73. The van der Waals surface area contributed by atoms with E-state index >= 15 is 0 Å². The minimum atomic E-state index is -1.17. The Labute approximate surface area is 178 Å². The maximum absolute atomic E-state index is 10.7. The van der Waals surface area contributed by atoms with Crippen molar-refractivity contribution in [1.82, 2.24) is 0 Å². The van der Waals surface area contributed by atoms with Crippen molar-refractivity contribution in [1.29, 1.82) is 0 Å². The number of carboxylic acid groups (broad SMARTS) is 1. The molecule has 29 heavy (non-hydrogen) atoms. The molecule has 0 unspecified atom stereocenters. The van der Waals surface area contributed by atoms with Gasteiger partial charge in [-0.25, -0.2) is 0 Å². The number of carboxylic acids is 1. The Hall–Kier alpha value is -2.19. The molecule has 1 aromatic rings.